The van der Waals surface area contributed by atoms with Gasteiger partial charge in [-0.25, -0.2) is 0 Å². The Morgan fingerprint density at radius 2 is 1.06 bits per heavy atom. The van der Waals surface area contributed by atoms with Crippen LogP contribution in [0.3, 0.4) is 0 Å². The molecule has 0 radical (unpaired) electrons. The van der Waals surface area contributed by atoms with E-state index in [1.54, 1.807) is 0 Å². The maximum Gasteiger partial charge on any atom is 0.264 e. The van der Waals surface area contributed by atoms with Crippen LogP contribution in [0.15, 0.2) is 182 Å². The van der Waals surface area contributed by atoms with E-state index in [9.17, 15) is 0 Å². The summed E-state index contributed by atoms with van der Waals surface area (Å²) in [5, 5.41) is 1.35. The molecule has 3 aliphatic rings. The standard InChI is InChI=1S/C66H64BN3S/c1-63(2,3)45-31-33-48(34-32-45)69-57-39-49(68(46-24-16-12-17-25-46)47-26-18-13-19-27-47)40-58-60(57)67(62-61(69)50-41-52-53(42-59(50)71-62)66(9,10)37-36-65(52,7)8)54-35-30-44(43-22-14-11-15-23-43)38-56(54)70(58)55-29-21-20-28-51(55)64(4,5)6/h11-35,38-42H,36-37H2,1-10H3. The highest BCUT2D eigenvalue weighted by atomic mass is 32.1. The maximum absolute atomic E-state index is 2.66. The van der Waals surface area contributed by atoms with E-state index in [4.69, 9.17) is 0 Å². The van der Waals surface area contributed by atoms with E-state index in [1.165, 1.54) is 106 Å². The van der Waals surface area contributed by atoms with Crippen molar-refractivity contribution in [3.05, 3.63) is 204 Å². The number of thiophene rings is 1. The summed E-state index contributed by atoms with van der Waals surface area (Å²) in [6, 6.07) is 69.0. The Kier molecular flexibility index (Phi) is 10.4. The van der Waals surface area contributed by atoms with Crippen LogP contribution in [0, 0.1) is 0 Å². The Morgan fingerprint density at radius 3 is 1.66 bits per heavy atom. The van der Waals surface area contributed by atoms with Gasteiger partial charge < -0.3 is 14.7 Å². The van der Waals surface area contributed by atoms with Crippen molar-refractivity contribution in [2.24, 2.45) is 0 Å². The summed E-state index contributed by atoms with van der Waals surface area (Å²) in [5.74, 6) is 0. The van der Waals surface area contributed by atoms with Crippen molar-refractivity contribution in [1.82, 2.24) is 0 Å². The Labute approximate surface area is 426 Å². The zero-order valence-electron chi connectivity index (χ0n) is 43.1. The van der Waals surface area contributed by atoms with Crippen molar-refractivity contribution in [2.75, 3.05) is 14.7 Å². The number of hydrogen-bond donors (Lipinski definition) is 0. The summed E-state index contributed by atoms with van der Waals surface area (Å²) < 4.78 is 2.77. The van der Waals surface area contributed by atoms with Crippen molar-refractivity contribution in [3.63, 3.8) is 0 Å². The minimum atomic E-state index is -0.136. The fourth-order valence-corrected chi connectivity index (χ4v) is 13.3. The van der Waals surface area contributed by atoms with Crippen LogP contribution in [-0.4, -0.2) is 6.71 Å². The lowest BCUT2D eigenvalue weighted by Crippen LogP contribution is -2.60. The van der Waals surface area contributed by atoms with Gasteiger partial charge in [-0.1, -0.05) is 178 Å². The molecule has 2 aliphatic heterocycles. The number of fused-ring (bicyclic) bond motifs is 7. The molecule has 0 saturated carbocycles. The molecule has 0 N–H and O–H groups in total. The second kappa shape index (κ2) is 16.4. The minimum absolute atomic E-state index is 0.0113. The Balaban J connectivity index is 1.25. The molecule has 3 heterocycles. The van der Waals surface area contributed by atoms with Gasteiger partial charge in [-0.15, -0.1) is 11.3 Å². The van der Waals surface area contributed by atoms with Gasteiger partial charge in [0.05, 0.1) is 11.4 Å². The second-order valence-electron chi connectivity index (χ2n) is 23.7. The van der Waals surface area contributed by atoms with Crippen LogP contribution in [0.4, 0.5) is 51.2 Å². The first-order valence-electron chi connectivity index (χ1n) is 25.7. The van der Waals surface area contributed by atoms with E-state index in [0.717, 1.165) is 17.1 Å². The van der Waals surface area contributed by atoms with Crippen LogP contribution in [-0.2, 0) is 21.7 Å². The molecular formula is C66H64BN3S. The molecule has 3 nitrogen and oxygen atoms in total. The summed E-state index contributed by atoms with van der Waals surface area (Å²) >= 11 is 2.02. The van der Waals surface area contributed by atoms with Crippen molar-refractivity contribution in [3.8, 4) is 11.1 Å². The lowest BCUT2D eigenvalue weighted by Gasteiger charge is -2.45. The summed E-state index contributed by atoms with van der Waals surface area (Å²) in [5.41, 5.74) is 21.4. The van der Waals surface area contributed by atoms with Crippen molar-refractivity contribution < 1.29 is 0 Å². The summed E-state index contributed by atoms with van der Waals surface area (Å²) in [6.45, 7) is 23.8. The molecule has 1 aliphatic carbocycles. The molecular weight excluding hydrogens is 878 g/mol. The number of benzene rings is 8. The zero-order valence-corrected chi connectivity index (χ0v) is 43.9. The van der Waals surface area contributed by atoms with Crippen molar-refractivity contribution in [2.45, 2.75) is 104 Å². The smallest absolute Gasteiger partial charge is 0.264 e. The lowest BCUT2D eigenvalue weighted by molar-refractivity contribution is 0.332. The third-order valence-corrected chi connectivity index (χ3v) is 17.2. The molecule has 5 heteroatoms. The van der Waals surface area contributed by atoms with Gasteiger partial charge in [0.1, 0.15) is 0 Å². The van der Waals surface area contributed by atoms with Gasteiger partial charge in [0.15, 0.2) is 0 Å². The molecule has 0 amide bonds. The van der Waals surface area contributed by atoms with Crippen LogP contribution < -0.4 is 30.4 Å². The average molecular weight is 942 g/mol. The topological polar surface area (TPSA) is 9.72 Å². The third-order valence-electron chi connectivity index (χ3n) is 16.0. The first-order valence-corrected chi connectivity index (χ1v) is 26.5. The predicted octanol–water partition coefficient (Wildman–Crippen LogP) is 17.1. The van der Waals surface area contributed by atoms with Gasteiger partial charge in [-0.2, -0.15) is 0 Å². The lowest BCUT2D eigenvalue weighted by atomic mass is 9.36. The van der Waals surface area contributed by atoms with E-state index in [0.29, 0.717) is 0 Å². The number of anilines is 9. The van der Waals surface area contributed by atoms with Gasteiger partial charge in [0, 0.05) is 54.7 Å². The monoisotopic (exact) mass is 941 g/mol. The highest BCUT2D eigenvalue weighted by Gasteiger charge is 2.47. The van der Waals surface area contributed by atoms with Gasteiger partial charge in [0.25, 0.3) is 6.71 Å². The second-order valence-corrected chi connectivity index (χ2v) is 24.8. The molecule has 0 fully saturated rings. The van der Waals surface area contributed by atoms with Crippen LogP contribution in [0.25, 0.3) is 21.2 Å². The van der Waals surface area contributed by atoms with E-state index in [1.807, 2.05) is 11.3 Å². The fraction of sp³-hybridized carbons (Fsp3) is 0.242. The molecule has 0 bridgehead atoms. The fourth-order valence-electron chi connectivity index (χ4n) is 12.0. The third kappa shape index (κ3) is 7.45. The molecule has 9 aromatic rings. The molecule has 0 atom stereocenters. The average Bonchev–Trinajstić information content (AvgIpc) is 3.74. The zero-order chi connectivity index (χ0) is 49.2. The molecule has 1 aromatic heterocycles. The highest BCUT2D eigenvalue weighted by Crippen LogP contribution is 2.54. The van der Waals surface area contributed by atoms with E-state index in [-0.39, 0.29) is 28.4 Å². The van der Waals surface area contributed by atoms with Crippen LogP contribution in [0.1, 0.15) is 104 Å². The summed E-state index contributed by atoms with van der Waals surface area (Å²) in [7, 11) is 0. The van der Waals surface area contributed by atoms with Gasteiger partial charge in [-0.3, -0.25) is 0 Å². The first-order chi connectivity index (χ1) is 34.0. The van der Waals surface area contributed by atoms with Crippen LogP contribution in [0.5, 0.6) is 0 Å². The Bertz CT molecular complexity index is 3460. The summed E-state index contributed by atoms with van der Waals surface area (Å²) in [4.78, 5) is 7.76. The maximum atomic E-state index is 2.66. The SMILES string of the molecule is CC(C)(C)c1ccc(N2c3cc(N(c4ccccc4)c4ccccc4)cc4c3B(c3ccc(-c5ccccc5)cc3N4c3ccccc3C(C)(C)C)c3sc4cc5c(cc4c32)C(C)(C)CCC5(C)C)cc1. The normalized spacial score (nSPS) is 15.5. The quantitative estimate of drug-likeness (QED) is 0.154. The molecule has 352 valence electrons. The summed E-state index contributed by atoms with van der Waals surface area (Å²) in [6.07, 6.45) is 2.34. The molecule has 0 saturated heterocycles. The van der Waals surface area contributed by atoms with Gasteiger partial charge in [-0.05, 0) is 152 Å². The Morgan fingerprint density at radius 1 is 0.493 bits per heavy atom. The van der Waals surface area contributed by atoms with Gasteiger partial charge in [0.2, 0.25) is 0 Å². The molecule has 71 heavy (non-hydrogen) atoms. The van der Waals surface area contributed by atoms with Crippen molar-refractivity contribution >= 4 is 95.0 Å². The van der Waals surface area contributed by atoms with E-state index >= 15 is 0 Å². The van der Waals surface area contributed by atoms with Crippen LogP contribution in [0.2, 0.25) is 0 Å². The molecule has 12 rings (SSSR count). The first kappa shape index (κ1) is 45.3. The Hall–Kier alpha value is -6.82. The van der Waals surface area contributed by atoms with E-state index < -0.39 is 0 Å². The predicted molar refractivity (Wildman–Crippen MR) is 309 cm³/mol. The largest absolute Gasteiger partial charge is 0.311 e. The molecule has 8 aromatic carbocycles. The number of para-hydroxylation sites is 3. The molecule has 0 spiro atoms. The van der Waals surface area contributed by atoms with Gasteiger partial charge >= 0.3 is 0 Å². The minimum Gasteiger partial charge on any atom is -0.311 e. The van der Waals surface area contributed by atoms with Crippen LogP contribution >= 0.6 is 11.3 Å². The molecule has 0 unspecified atom stereocenters. The number of rotatable bonds is 6. The van der Waals surface area contributed by atoms with E-state index in [2.05, 4.69) is 266 Å². The number of nitrogens with zero attached hydrogens (tertiary/aromatic N) is 3. The highest BCUT2D eigenvalue weighted by molar-refractivity contribution is 7.33. The number of hydrogen-bond acceptors (Lipinski definition) is 4. The van der Waals surface area contributed by atoms with Crippen molar-refractivity contribution in [1.29, 1.82) is 0 Å².